The van der Waals surface area contributed by atoms with Crippen LogP contribution in [0.15, 0.2) is 42.6 Å². The SMILES string of the molecule is C[C@H](c1nnc2ccc(O[C@@H]3CC[C@H](N)c4ccccc43)cn12)N1CCOCC1. The van der Waals surface area contributed by atoms with Crippen molar-refractivity contribution in [3.05, 3.63) is 59.5 Å². The van der Waals surface area contributed by atoms with Crippen LogP contribution in [0.4, 0.5) is 0 Å². The average molecular weight is 393 g/mol. The smallest absolute Gasteiger partial charge is 0.161 e. The molecule has 5 rings (SSSR count). The number of aromatic nitrogens is 3. The van der Waals surface area contributed by atoms with Crippen LogP contribution in [0.1, 0.15) is 54.9 Å². The van der Waals surface area contributed by atoms with Crippen molar-refractivity contribution in [2.45, 2.75) is 38.0 Å². The van der Waals surface area contributed by atoms with E-state index in [2.05, 4.69) is 44.6 Å². The minimum atomic E-state index is 0.0139. The summed E-state index contributed by atoms with van der Waals surface area (Å²) in [4.78, 5) is 2.38. The molecule has 1 aromatic carbocycles. The lowest BCUT2D eigenvalue weighted by Crippen LogP contribution is -2.38. The molecule has 1 aliphatic heterocycles. The lowest BCUT2D eigenvalue weighted by atomic mass is 9.86. The van der Waals surface area contributed by atoms with E-state index in [1.165, 1.54) is 11.1 Å². The summed E-state index contributed by atoms with van der Waals surface area (Å²) >= 11 is 0. The Morgan fingerprint density at radius 2 is 1.86 bits per heavy atom. The van der Waals surface area contributed by atoms with Crippen LogP contribution >= 0.6 is 0 Å². The van der Waals surface area contributed by atoms with Crippen molar-refractivity contribution in [2.24, 2.45) is 5.73 Å². The number of rotatable bonds is 4. The summed E-state index contributed by atoms with van der Waals surface area (Å²) in [5, 5.41) is 8.81. The molecule has 1 fully saturated rings. The maximum atomic E-state index is 6.42. The molecule has 0 saturated carbocycles. The van der Waals surface area contributed by atoms with Crippen LogP contribution in [-0.2, 0) is 4.74 Å². The molecule has 2 aromatic heterocycles. The zero-order valence-corrected chi connectivity index (χ0v) is 16.7. The first-order valence-electron chi connectivity index (χ1n) is 10.4. The highest BCUT2D eigenvalue weighted by Gasteiger charge is 2.27. The lowest BCUT2D eigenvalue weighted by Gasteiger charge is -2.31. The van der Waals surface area contributed by atoms with Gasteiger partial charge in [0.1, 0.15) is 11.9 Å². The Morgan fingerprint density at radius 1 is 1.07 bits per heavy atom. The molecule has 0 spiro atoms. The van der Waals surface area contributed by atoms with E-state index >= 15 is 0 Å². The molecule has 1 saturated heterocycles. The summed E-state index contributed by atoms with van der Waals surface area (Å²) in [6.45, 7) is 5.52. The third-order valence-corrected chi connectivity index (χ3v) is 6.13. The van der Waals surface area contributed by atoms with Gasteiger partial charge in [-0.25, -0.2) is 0 Å². The molecular weight excluding hydrogens is 366 g/mol. The van der Waals surface area contributed by atoms with E-state index in [0.29, 0.717) is 0 Å². The maximum absolute atomic E-state index is 6.42. The minimum absolute atomic E-state index is 0.0139. The van der Waals surface area contributed by atoms with Crippen LogP contribution in [0.25, 0.3) is 5.65 Å². The highest BCUT2D eigenvalue weighted by atomic mass is 16.5. The molecular formula is C22H27N5O2. The Kier molecular flexibility index (Phi) is 4.95. The van der Waals surface area contributed by atoms with Gasteiger partial charge in [-0.2, -0.15) is 0 Å². The van der Waals surface area contributed by atoms with Crippen LogP contribution in [0.2, 0.25) is 0 Å². The van der Waals surface area contributed by atoms with E-state index < -0.39 is 0 Å². The molecule has 3 atom stereocenters. The van der Waals surface area contributed by atoms with Gasteiger partial charge in [-0.15, -0.1) is 10.2 Å². The molecule has 7 heteroatoms. The van der Waals surface area contributed by atoms with Gasteiger partial charge in [0, 0.05) is 19.1 Å². The standard InChI is InChI=1S/C22H27N5O2/c1-15(26-10-12-28-13-11-26)22-25-24-21-9-6-16(14-27(21)22)29-20-8-7-19(23)17-4-2-3-5-18(17)20/h2-6,9,14-15,19-20H,7-8,10-13,23H2,1H3/t15-,19+,20-/m1/s1. The zero-order chi connectivity index (χ0) is 19.8. The Labute approximate surface area is 170 Å². The minimum Gasteiger partial charge on any atom is -0.484 e. The maximum Gasteiger partial charge on any atom is 0.161 e. The van der Waals surface area contributed by atoms with Crippen molar-refractivity contribution in [2.75, 3.05) is 26.3 Å². The van der Waals surface area contributed by atoms with Gasteiger partial charge < -0.3 is 15.2 Å². The molecule has 7 nitrogen and oxygen atoms in total. The summed E-state index contributed by atoms with van der Waals surface area (Å²) in [5.74, 6) is 1.75. The average Bonchev–Trinajstić information content (AvgIpc) is 3.19. The van der Waals surface area contributed by atoms with Gasteiger partial charge >= 0.3 is 0 Å². The molecule has 152 valence electrons. The Morgan fingerprint density at radius 3 is 2.69 bits per heavy atom. The van der Waals surface area contributed by atoms with Gasteiger partial charge in [0.25, 0.3) is 0 Å². The molecule has 0 radical (unpaired) electrons. The van der Waals surface area contributed by atoms with E-state index in [1.54, 1.807) is 0 Å². The number of hydrogen-bond donors (Lipinski definition) is 1. The molecule has 1 aliphatic carbocycles. The van der Waals surface area contributed by atoms with E-state index in [9.17, 15) is 0 Å². The first-order valence-corrected chi connectivity index (χ1v) is 10.4. The number of nitrogens with zero attached hydrogens (tertiary/aromatic N) is 4. The Bertz CT molecular complexity index is 998. The monoisotopic (exact) mass is 393 g/mol. The Balaban J connectivity index is 1.42. The van der Waals surface area contributed by atoms with Gasteiger partial charge in [-0.1, -0.05) is 24.3 Å². The van der Waals surface area contributed by atoms with E-state index in [-0.39, 0.29) is 18.2 Å². The second-order valence-corrected chi connectivity index (χ2v) is 7.89. The predicted molar refractivity (Wildman–Crippen MR) is 110 cm³/mol. The highest BCUT2D eigenvalue weighted by Crippen LogP contribution is 2.37. The summed E-state index contributed by atoms with van der Waals surface area (Å²) in [6.07, 6.45) is 3.87. The summed E-state index contributed by atoms with van der Waals surface area (Å²) < 4.78 is 14.0. The topological polar surface area (TPSA) is 77.9 Å². The first kappa shape index (κ1) is 18.5. The molecule has 0 amide bonds. The Hall–Kier alpha value is -2.48. The molecule has 0 unspecified atom stereocenters. The molecule has 3 aromatic rings. The lowest BCUT2D eigenvalue weighted by molar-refractivity contribution is 0.0180. The number of morpholine rings is 1. The molecule has 29 heavy (non-hydrogen) atoms. The van der Waals surface area contributed by atoms with Crippen molar-refractivity contribution >= 4 is 5.65 Å². The van der Waals surface area contributed by atoms with Crippen LogP contribution in [-0.4, -0.2) is 45.8 Å². The number of pyridine rings is 1. The number of ether oxygens (including phenoxy) is 2. The van der Waals surface area contributed by atoms with Crippen molar-refractivity contribution in [1.82, 2.24) is 19.5 Å². The van der Waals surface area contributed by atoms with Crippen molar-refractivity contribution in [1.29, 1.82) is 0 Å². The normalized spacial score (nSPS) is 23.7. The zero-order valence-electron chi connectivity index (χ0n) is 16.7. The van der Waals surface area contributed by atoms with Gasteiger partial charge in [-0.3, -0.25) is 9.30 Å². The number of benzene rings is 1. The van der Waals surface area contributed by atoms with E-state index in [0.717, 1.165) is 56.4 Å². The largest absolute Gasteiger partial charge is 0.484 e. The van der Waals surface area contributed by atoms with Gasteiger partial charge in [-0.05, 0) is 43.0 Å². The quantitative estimate of drug-likeness (QED) is 0.734. The fraction of sp³-hybridized carbons (Fsp3) is 0.455. The number of fused-ring (bicyclic) bond motifs is 2. The van der Waals surface area contributed by atoms with E-state index in [1.807, 2.05) is 24.4 Å². The second kappa shape index (κ2) is 7.74. The van der Waals surface area contributed by atoms with Crippen molar-refractivity contribution < 1.29 is 9.47 Å². The fourth-order valence-electron chi connectivity index (χ4n) is 4.44. The van der Waals surface area contributed by atoms with Gasteiger partial charge in [0.05, 0.1) is 25.5 Å². The summed E-state index contributed by atoms with van der Waals surface area (Å²) in [6, 6.07) is 12.5. The molecule has 3 heterocycles. The summed E-state index contributed by atoms with van der Waals surface area (Å²) in [5.41, 5.74) is 9.51. The van der Waals surface area contributed by atoms with Gasteiger partial charge in [0.15, 0.2) is 11.5 Å². The van der Waals surface area contributed by atoms with Crippen LogP contribution in [0.5, 0.6) is 5.75 Å². The highest BCUT2D eigenvalue weighted by molar-refractivity contribution is 5.42. The second-order valence-electron chi connectivity index (χ2n) is 7.89. The van der Waals surface area contributed by atoms with Crippen molar-refractivity contribution in [3.63, 3.8) is 0 Å². The third-order valence-electron chi connectivity index (χ3n) is 6.13. The first-order chi connectivity index (χ1) is 14.2. The van der Waals surface area contributed by atoms with Crippen molar-refractivity contribution in [3.8, 4) is 5.75 Å². The molecule has 0 bridgehead atoms. The molecule has 2 N–H and O–H groups in total. The van der Waals surface area contributed by atoms with Crippen LogP contribution in [0, 0.1) is 0 Å². The third kappa shape index (κ3) is 3.50. The fourth-order valence-corrected chi connectivity index (χ4v) is 4.44. The van der Waals surface area contributed by atoms with Crippen LogP contribution in [0.3, 0.4) is 0 Å². The predicted octanol–water partition coefficient (Wildman–Crippen LogP) is 3.04. The van der Waals surface area contributed by atoms with E-state index in [4.69, 9.17) is 15.2 Å². The molecule has 2 aliphatic rings. The number of hydrogen-bond acceptors (Lipinski definition) is 6. The number of nitrogens with two attached hydrogens (primary N) is 1. The van der Waals surface area contributed by atoms with Crippen LogP contribution < -0.4 is 10.5 Å². The summed E-state index contributed by atoms with van der Waals surface area (Å²) in [7, 11) is 0. The van der Waals surface area contributed by atoms with Gasteiger partial charge in [0.2, 0.25) is 0 Å².